The Morgan fingerprint density at radius 2 is 0.410 bits per heavy atom. The summed E-state index contributed by atoms with van der Waals surface area (Å²) in [6.07, 6.45) is 88.6. The number of carbonyl (C=O) groups is 3. The molecule has 0 aliphatic heterocycles. The van der Waals surface area contributed by atoms with Crippen LogP contribution >= 0.6 is 0 Å². The van der Waals surface area contributed by atoms with Gasteiger partial charge in [-0.2, -0.15) is 0 Å². The number of hydrogen-bond acceptors (Lipinski definition) is 6. The number of ether oxygens (including phenoxy) is 3. The highest BCUT2D eigenvalue weighted by Gasteiger charge is 2.20. The van der Waals surface area contributed by atoms with Crippen molar-refractivity contribution in [3.8, 4) is 0 Å². The third-order valence-corrected chi connectivity index (χ3v) is 17.8. The van der Waals surface area contributed by atoms with Crippen molar-refractivity contribution < 1.29 is 28.6 Å². The van der Waals surface area contributed by atoms with E-state index in [4.69, 9.17) is 14.2 Å². The van der Waals surface area contributed by atoms with Gasteiger partial charge in [-0.25, -0.2) is 0 Å². The number of unbranched alkanes of at least 4 members (excludes halogenated alkanes) is 59. The molecule has 6 nitrogen and oxygen atoms in total. The van der Waals surface area contributed by atoms with Gasteiger partial charge < -0.3 is 14.2 Å². The molecule has 1 unspecified atom stereocenters. The summed E-state index contributed by atoms with van der Waals surface area (Å²) >= 11 is 0. The fraction of sp³-hybridized carbons (Fsp3) is 0.935. The molecule has 0 aliphatic carbocycles. The Morgan fingerprint density at radius 3 is 0.639 bits per heavy atom. The van der Waals surface area contributed by atoms with E-state index in [2.05, 4.69) is 32.9 Å². The molecule has 492 valence electrons. The van der Waals surface area contributed by atoms with Crippen molar-refractivity contribution in [1.29, 1.82) is 0 Å². The lowest BCUT2D eigenvalue weighted by molar-refractivity contribution is -0.167. The Kier molecular flexibility index (Phi) is 71.0. The lowest BCUT2D eigenvalue weighted by atomic mass is 10.0. The third-order valence-electron chi connectivity index (χ3n) is 17.8. The molecule has 0 aromatic carbocycles. The highest BCUT2D eigenvalue weighted by atomic mass is 16.6. The molecule has 0 amide bonds. The molecule has 0 aromatic heterocycles. The first-order chi connectivity index (χ1) is 41.0. The number of esters is 3. The van der Waals surface area contributed by atoms with Crippen LogP contribution in [0.2, 0.25) is 0 Å². The third kappa shape index (κ3) is 70.8. The predicted molar refractivity (Wildman–Crippen MR) is 363 cm³/mol. The minimum atomic E-state index is -0.770. The van der Waals surface area contributed by atoms with Crippen LogP contribution in [0.15, 0.2) is 12.2 Å². The second-order valence-electron chi connectivity index (χ2n) is 26.3. The van der Waals surface area contributed by atoms with Crippen LogP contribution < -0.4 is 0 Å². The van der Waals surface area contributed by atoms with Crippen LogP contribution in [0, 0.1) is 0 Å². The van der Waals surface area contributed by atoms with Crippen molar-refractivity contribution >= 4 is 17.9 Å². The Morgan fingerprint density at radius 1 is 0.229 bits per heavy atom. The average molecular weight is 1170 g/mol. The SMILES string of the molecule is CCCC/C=C\CCCCCCCC(=O)OCC(COC(=O)CCCCCCCCCCCCCCCCCCCCCCCCCCCCCCCCCCCC)OC(=O)CCCCCCCCCCCCCCCCCCCCCC. The van der Waals surface area contributed by atoms with Crippen LogP contribution in [0.3, 0.4) is 0 Å². The summed E-state index contributed by atoms with van der Waals surface area (Å²) in [7, 11) is 0. The van der Waals surface area contributed by atoms with Gasteiger partial charge >= 0.3 is 17.9 Å². The van der Waals surface area contributed by atoms with Crippen LogP contribution in [0.5, 0.6) is 0 Å². The van der Waals surface area contributed by atoms with Crippen molar-refractivity contribution in [2.45, 2.75) is 451 Å². The molecule has 0 bridgehead atoms. The van der Waals surface area contributed by atoms with E-state index in [9.17, 15) is 14.4 Å². The predicted octanol–water partition coefficient (Wildman–Crippen LogP) is 26.3. The van der Waals surface area contributed by atoms with E-state index in [-0.39, 0.29) is 31.1 Å². The normalized spacial score (nSPS) is 12.0. The lowest BCUT2D eigenvalue weighted by Gasteiger charge is -2.18. The zero-order valence-corrected chi connectivity index (χ0v) is 56.8. The maximum Gasteiger partial charge on any atom is 0.306 e. The molecular formula is C77H148O6. The Bertz CT molecular complexity index is 1300. The second-order valence-corrected chi connectivity index (χ2v) is 26.3. The van der Waals surface area contributed by atoms with Crippen molar-refractivity contribution in [3.05, 3.63) is 12.2 Å². The van der Waals surface area contributed by atoms with E-state index in [1.165, 1.54) is 340 Å². The van der Waals surface area contributed by atoms with Gasteiger partial charge in [-0.3, -0.25) is 14.4 Å². The van der Waals surface area contributed by atoms with Crippen molar-refractivity contribution in [2.75, 3.05) is 13.2 Å². The van der Waals surface area contributed by atoms with Crippen molar-refractivity contribution in [1.82, 2.24) is 0 Å². The fourth-order valence-electron chi connectivity index (χ4n) is 12.0. The van der Waals surface area contributed by atoms with Crippen molar-refractivity contribution in [3.63, 3.8) is 0 Å². The summed E-state index contributed by atoms with van der Waals surface area (Å²) in [6.45, 7) is 6.69. The minimum absolute atomic E-state index is 0.0658. The van der Waals surface area contributed by atoms with Crippen LogP contribution in [0.25, 0.3) is 0 Å². The standard InChI is InChI=1S/C77H148O6/c1-4-7-10-13-16-19-22-24-26-28-30-32-33-34-35-36-37-38-39-40-41-42-43-44-45-47-48-50-52-55-58-61-64-67-70-76(79)82-73-74(72-81-75(78)69-66-63-60-57-54-21-18-15-12-9-6-3)83-77(80)71-68-65-62-59-56-53-51-49-46-31-29-27-25-23-20-17-14-11-8-5-2/h15,18,74H,4-14,16-17,19-73H2,1-3H3/b18-15-. The highest BCUT2D eigenvalue weighted by molar-refractivity contribution is 5.71. The van der Waals surface area contributed by atoms with E-state index in [1.54, 1.807) is 0 Å². The molecule has 0 fully saturated rings. The van der Waals surface area contributed by atoms with E-state index in [0.717, 1.165) is 64.2 Å². The second kappa shape index (κ2) is 72.6. The van der Waals surface area contributed by atoms with Gasteiger partial charge in [0.25, 0.3) is 0 Å². The van der Waals surface area contributed by atoms with Gasteiger partial charge in [0.2, 0.25) is 0 Å². The monoisotopic (exact) mass is 1170 g/mol. The van der Waals surface area contributed by atoms with E-state index in [0.29, 0.717) is 19.3 Å². The molecule has 6 heteroatoms. The first-order valence-corrected chi connectivity index (χ1v) is 38.2. The number of carbonyl (C=O) groups excluding carboxylic acids is 3. The largest absolute Gasteiger partial charge is 0.462 e. The Balaban J connectivity index is 4.03. The zero-order valence-electron chi connectivity index (χ0n) is 56.8. The van der Waals surface area contributed by atoms with Crippen LogP contribution in [-0.4, -0.2) is 37.2 Å². The van der Waals surface area contributed by atoms with E-state index in [1.807, 2.05) is 0 Å². The molecule has 0 radical (unpaired) electrons. The van der Waals surface area contributed by atoms with Crippen LogP contribution in [-0.2, 0) is 28.6 Å². The van der Waals surface area contributed by atoms with Gasteiger partial charge in [0, 0.05) is 19.3 Å². The number of allylic oxidation sites excluding steroid dienone is 2. The molecule has 0 N–H and O–H groups in total. The highest BCUT2D eigenvalue weighted by Crippen LogP contribution is 2.20. The van der Waals surface area contributed by atoms with Gasteiger partial charge in [-0.15, -0.1) is 0 Å². The maximum atomic E-state index is 12.9. The summed E-state index contributed by atoms with van der Waals surface area (Å²) in [4.78, 5) is 38.4. The van der Waals surface area contributed by atoms with Crippen LogP contribution in [0.1, 0.15) is 445 Å². The molecule has 0 saturated carbocycles. The Labute approximate surface area is 520 Å². The van der Waals surface area contributed by atoms with Gasteiger partial charge in [0.1, 0.15) is 13.2 Å². The van der Waals surface area contributed by atoms with E-state index >= 15 is 0 Å². The number of rotatable bonds is 72. The molecule has 0 rings (SSSR count). The molecular weight excluding hydrogens is 1020 g/mol. The molecule has 83 heavy (non-hydrogen) atoms. The summed E-state index contributed by atoms with van der Waals surface area (Å²) < 4.78 is 17.0. The Hall–Kier alpha value is -1.85. The summed E-state index contributed by atoms with van der Waals surface area (Å²) in [5, 5.41) is 0. The van der Waals surface area contributed by atoms with Gasteiger partial charge in [-0.05, 0) is 38.5 Å². The quantitative estimate of drug-likeness (QED) is 0.0261. The summed E-state index contributed by atoms with van der Waals surface area (Å²) in [5.41, 5.74) is 0. The molecule has 0 aliphatic rings. The molecule has 0 heterocycles. The smallest absolute Gasteiger partial charge is 0.306 e. The summed E-state index contributed by atoms with van der Waals surface area (Å²) in [6, 6.07) is 0. The van der Waals surface area contributed by atoms with E-state index < -0.39 is 6.10 Å². The molecule has 0 aromatic rings. The number of hydrogen-bond donors (Lipinski definition) is 0. The van der Waals surface area contributed by atoms with Gasteiger partial charge in [0.15, 0.2) is 6.10 Å². The summed E-state index contributed by atoms with van der Waals surface area (Å²) in [5.74, 6) is -0.841. The van der Waals surface area contributed by atoms with Crippen LogP contribution in [0.4, 0.5) is 0 Å². The average Bonchev–Trinajstić information content (AvgIpc) is 3.48. The lowest BCUT2D eigenvalue weighted by Crippen LogP contribution is -2.30. The minimum Gasteiger partial charge on any atom is -0.462 e. The first-order valence-electron chi connectivity index (χ1n) is 38.2. The molecule has 0 saturated heterocycles. The molecule has 0 spiro atoms. The molecule has 1 atom stereocenters. The topological polar surface area (TPSA) is 78.9 Å². The fourth-order valence-corrected chi connectivity index (χ4v) is 12.0. The van der Waals surface area contributed by atoms with Gasteiger partial charge in [-0.1, -0.05) is 399 Å². The van der Waals surface area contributed by atoms with Crippen molar-refractivity contribution in [2.24, 2.45) is 0 Å². The first kappa shape index (κ1) is 81.2. The van der Waals surface area contributed by atoms with Gasteiger partial charge in [0.05, 0.1) is 0 Å². The maximum absolute atomic E-state index is 12.9. The zero-order chi connectivity index (χ0) is 59.9.